The van der Waals surface area contributed by atoms with Crippen LogP contribution in [-0.2, 0) is 17.9 Å². The number of hydrogen-bond acceptors (Lipinski definition) is 5. The van der Waals surface area contributed by atoms with Gasteiger partial charge in [-0.3, -0.25) is 19.1 Å². The summed E-state index contributed by atoms with van der Waals surface area (Å²) in [4.78, 5) is 43.7. The van der Waals surface area contributed by atoms with E-state index < -0.39 is 0 Å². The molecule has 0 unspecified atom stereocenters. The van der Waals surface area contributed by atoms with Crippen molar-refractivity contribution >= 4 is 17.7 Å². The molecule has 0 bridgehead atoms. The number of aromatic nitrogens is 2. The molecule has 0 saturated heterocycles. The molecule has 1 aromatic carbocycles. The number of hydrogen-bond donors (Lipinski definition) is 1. The Balaban J connectivity index is 1.63. The first-order valence-corrected chi connectivity index (χ1v) is 11.5. The predicted molar refractivity (Wildman–Crippen MR) is 126 cm³/mol. The highest BCUT2D eigenvalue weighted by molar-refractivity contribution is 5.98. The maximum absolute atomic E-state index is 13.2. The summed E-state index contributed by atoms with van der Waals surface area (Å²) in [5, 5.41) is 7.30. The van der Waals surface area contributed by atoms with Crippen molar-refractivity contribution in [1.29, 1.82) is 0 Å². The fourth-order valence-electron chi connectivity index (χ4n) is 3.80. The van der Waals surface area contributed by atoms with Gasteiger partial charge in [0, 0.05) is 58.3 Å². The lowest BCUT2D eigenvalue weighted by Gasteiger charge is -2.20. The molecule has 0 radical (unpaired) electrons. The van der Waals surface area contributed by atoms with Gasteiger partial charge in [-0.1, -0.05) is 30.3 Å². The van der Waals surface area contributed by atoms with Crippen LogP contribution in [0.3, 0.4) is 0 Å². The van der Waals surface area contributed by atoms with Gasteiger partial charge in [-0.25, -0.2) is 0 Å². The van der Waals surface area contributed by atoms with Crippen molar-refractivity contribution in [2.24, 2.45) is 0 Å². The zero-order chi connectivity index (χ0) is 23.8. The summed E-state index contributed by atoms with van der Waals surface area (Å²) in [5.41, 5.74) is 1.75. The molecule has 0 saturated carbocycles. The normalized spacial score (nSPS) is 13.6. The average molecular weight is 455 g/mol. The Morgan fingerprint density at radius 1 is 1.12 bits per heavy atom. The summed E-state index contributed by atoms with van der Waals surface area (Å²) < 4.78 is 1.64. The summed E-state index contributed by atoms with van der Waals surface area (Å²) in [6.07, 6.45) is 0.996. The van der Waals surface area contributed by atoms with Crippen molar-refractivity contribution < 1.29 is 14.4 Å². The van der Waals surface area contributed by atoms with E-state index in [-0.39, 0.29) is 29.8 Å². The number of carbonyl (C=O) groups is 3. The van der Waals surface area contributed by atoms with Crippen LogP contribution in [-0.4, -0.2) is 89.0 Å². The Bertz CT molecular complexity index is 956. The van der Waals surface area contributed by atoms with Crippen molar-refractivity contribution in [1.82, 2.24) is 29.8 Å². The number of rotatable bonds is 10. The van der Waals surface area contributed by atoms with E-state index in [1.54, 1.807) is 20.5 Å². The van der Waals surface area contributed by atoms with Crippen molar-refractivity contribution in [3.8, 4) is 0 Å². The number of amides is 3. The van der Waals surface area contributed by atoms with Gasteiger partial charge in [-0.2, -0.15) is 5.10 Å². The van der Waals surface area contributed by atoms with E-state index in [9.17, 15) is 14.4 Å². The van der Waals surface area contributed by atoms with Crippen molar-refractivity contribution in [3.63, 3.8) is 0 Å². The zero-order valence-electron chi connectivity index (χ0n) is 19.8. The molecule has 2 heterocycles. The monoisotopic (exact) mass is 454 g/mol. The topological polar surface area (TPSA) is 90.8 Å². The molecule has 0 spiro atoms. The Hall–Kier alpha value is -3.20. The third-order valence-electron chi connectivity index (χ3n) is 5.68. The number of carbonyl (C=O) groups excluding carboxylic acids is 3. The maximum atomic E-state index is 13.2. The molecule has 1 aliphatic heterocycles. The van der Waals surface area contributed by atoms with Crippen LogP contribution in [0.25, 0.3) is 0 Å². The second-order valence-corrected chi connectivity index (χ2v) is 8.49. The molecule has 1 aromatic heterocycles. The molecule has 3 rings (SSSR count). The second-order valence-electron chi connectivity index (χ2n) is 8.49. The Morgan fingerprint density at radius 2 is 1.88 bits per heavy atom. The van der Waals surface area contributed by atoms with E-state index in [4.69, 9.17) is 0 Å². The van der Waals surface area contributed by atoms with E-state index in [0.717, 1.165) is 18.5 Å². The van der Waals surface area contributed by atoms with Crippen molar-refractivity contribution in [3.05, 3.63) is 53.3 Å². The lowest BCUT2D eigenvalue weighted by molar-refractivity contribution is -0.121. The van der Waals surface area contributed by atoms with Gasteiger partial charge < -0.3 is 20.0 Å². The van der Waals surface area contributed by atoms with E-state index in [0.29, 0.717) is 45.0 Å². The van der Waals surface area contributed by atoms with Gasteiger partial charge in [0.15, 0.2) is 5.69 Å². The molecule has 0 atom stereocenters. The smallest absolute Gasteiger partial charge is 0.274 e. The Kier molecular flexibility index (Phi) is 8.59. The molecule has 9 nitrogen and oxygen atoms in total. The van der Waals surface area contributed by atoms with Crippen LogP contribution < -0.4 is 5.32 Å². The molecule has 3 amide bonds. The van der Waals surface area contributed by atoms with Gasteiger partial charge >= 0.3 is 0 Å². The SMILES string of the molecule is CCN(CCC(=O)NCCN(C)C)C(=O)c1cc2n(n1)CCCN(Cc1ccccc1)C2=O. The molecular weight excluding hydrogens is 420 g/mol. The minimum Gasteiger partial charge on any atom is -0.355 e. The fourth-order valence-corrected chi connectivity index (χ4v) is 3.80. The minimum absolute atomic E-state index is 0.0875. The third-order valence-corrected chi connectivity index (χ3v) is 5.68. The highest BCUT2D eigenvalue weighted by atomic mass is 16.2. The molecule has 9 heteroatoms. The van der Waals surface area contributed by atoms with Gasteiger partial charge in [0.25, 0.3) is 11.8 Å². The van der Waals surface area contributed by atoms with Crippen molar-refractivity contribution in [2.45, 2.75) is 32.9 Å². The van der Waals surface area contributed by atoms with Gasteiger partial charge in [0.05, 0.1) is 0 Å². The average Bonchev–Trinajstić information content (AvgIpc) is 3.17. The molecular formula is C24H34N6O3. The first-order chi connectivity index (χ1) is 15.9. The Morgan fingerprint density at radius 3 is 2.58 bits per heavy atom. The highest BCUT2D eigenvalue weighted by Crippen LogP contribution is 2.17. The van der Waals surface area contributed by atoms with Crippen molar-refractivity contribution in [2.75, 3.05) is 46.8 Å². The summed E-state index contributed by atoms with van der Waals surface area (Å²) in [5.74, 6) is -0.469. The molecule has 2 aromatic rings. The number of aryl methyl sites for hydroxylation is 1. The van der Waals surface area contributed by atoms with Crippen LogP contribution in [0.4, 0.5) is 0 Å². The van der Waals surface area contributed by atoms with Gasteiger partial charge in [0.1, 0.15) is 5.69 Å². The molecule has 33 heavy (non-hydrogen) atoms. The Labute approximate surface area is 195 Å². The fraction of sp³-hybridized carbons (Fsp3) is 0.500. The highest BCUT2D eigenvalue weighted by Gasteiger charge is 2.27. The largest absolute Gasteiger partial charge is 0.355 e. The number of nitrogens with zero attached hydrogens (tertiary/aromatic N) is 5. The van der Waals surface area contributed by atoms with Crippen LogP contribution in [0.2, 0.25) is 0 Å². The number of benzene rings is 1. The number of nitrogens with one attached hydrogen (secondary N) is 1. The van der Waals surface area contributed by atoms with Crippen LogP contribution in [0.5, 0.6) is 0 Å². The number of likely N-dealkylation sites (N-methyl/N-ethyl adjacent to an activating group) is 1. The van der Waals surface area contributed by atoms with E-state index in [1.165, 1.54) is 0 Å². The molecule has 1 aliphatic rings. The lowest BCUT2D eigenvalue weighted by atomic mass is 10.2. The second kappa shape index (κ2) is 11.6. The van der Waals surface area contributed by atoms with Gasteiger partial charge in [-0.05, 0) is 33.0 Å². The molecule has 0 fully saturated rings. The predicted octanol–water partition coefficient (Wildman–Crippen LogP) is 1.46. The quantitative estimate of drug-likeness (QED) is 0.587. The van der Waals surface area contributed by atoms with Gasteiger partial charge in [0.2, 0.25) is 5.91 Å². The summed E-state index contributed by atoms with van der Waals surface area (Å²) in [6, 6.07) is 11.5. The van der Waals surface area contributed by atoms with E-state index >= 15 is 0 Å². The number of fused-ring (bicyclic) bond motifs is 1. The third kappa shape index (κ3) is 6.64. The summed E-state index contributed by atoms with van der Waals surface area (Å²) in [7, 11) is 3.89. The first-order valence-electron chi connectivity index (χ1n) is 11.5. The summed E-state index contributed by atoms with van der Waals surface area (Å²) in [6.45, 7) is 5.72. The van der Waals surface area contributed by atoms with E-state index in [1.807, 2.05) is 56.3 Å². The lowest BCUT2D eigenvalue weighted by Crippen LogP contribution is -2.37. The first kappa shape index (κ1) is 24.4. The summed E-state index contributed by atoms with van der Waals surface area (Å²) >= 11 is 0. The molecule has 178 valence electrons. The van der Waals surface area contributed by atoms with Crippen LogP contribution in [0.15, 0.2) is 36.4 Å². The van der Waals surface area contributed by atoms with E-state index in [2.05, 4.69) is 10.4 Å². The standard InChI is InChI=1S/C24H34N6O3/c1-4-28(15-11-22(31)25-12-16-27(2)3)23(32)20-17-21-24(33)29(13-8-14-30(21)26-20)18-19-9-6-5-7-10-19/h5-7,9-10,17H,4,8,11-16,18H2,1-3H3,(H,25,31). The molecule has 1 N–H and O–H groups in total. The zero-order valence-corrected chi connectivity index (χ0v) is 19.8. The molecule has 0 aliphatic carbocycles. The van der Waals surface area contributed by atoms with Crippen LogP contribution in [0.1, 0.15) is 46.3 Å². The minimum atomic E-state index is -0.262. The van der Waals surface area contributed by atoms with Crippen LogP contribution >= 0.6 is 0 Å². The van der Waals surface area contributed by atoms with Gasteiger partial charge in [-0.15, -0.1) is 0 Å². The van der Waals surface area contributed by atoms with Crippen LogP contribution in [0, 0.1) is 0 Å². The maximum Gasteiger partial charge on any atom is 0.274 e.